The summed E-state index contributed by atoms with van der Waals surface area (Å²) in [6, 6.07) is 8.62. The van der Waals surface area contributed by atoms with Crippen molar-refractivity contribution in [3.8, 4) is 11.3 Å². The molecule has 0 aliphatic heterocycles. The van der Waals surface area contributed by atoms with E-state index in [0.29, 0.717) is 11.7 Å². The van der Waals surface area contributed by atoms with Gasteiger partial charge in [0.2, 0.25) is 0 Å². The molecule has 21 heavy (non-hydrogen) atoms. The van der Waals surface area contributed by atoms with Crippen molar-refractivity contribution in [3.05, 3.63) is 35.7 Å². The number of nitrogens with zero attached hydrogens (tertiary/aromatic N) is 2. The maximum atomic E-state index is 6.22. The number of hydrogen-bond donors (Lipinski definition) is 2. The van der Waals surface area contributed by atoms with Crippen LogP contribution in [-0.2, 0) is 0 Å². The van der Waals surface area contributed by atoms with Crippen molar-refractivity contribution in [3.63, 3.8) is 0 Å². The highest BCUT2D eigenvalue weighted by atomic mass is 15.4. The van der Waals surface area contributed by atoms with Crippen LogP contribution in [0, 0.1) is 0 Å². The molecule has 2 saturated carbocycles. The van der Waals surface area contributed by atoms with E-state index in [2.05, 4.69) is 24.3 Å². The van der Waals surface area contributed by atoms with Crippen molar-refractivity contribution in [1.82, 2.24) is 9.66 Å². The van der Waals surface area contributed by atoms with E-state index >= 15 is 0 Å². The molecule has 0 amide bonds. The maximum absolute atomic E-state index is 6.22. The fraction of sp³-hybridized carbons (Fsp3) is 0.471. The SMILES string of the molecule is Nc1c(-c2cccc(C3CC3)c2)nc(C2CCCC2)n1N. The Hall–Kier alpha value is -1.97. The number of hydrogen-bond acceptors (Lipinski definition) is 3. The first-order valence-corrected chi connectivity index (χ1v) is 7.97. The first kappa shape index (κ1) is 12.7. The van der Waals surface area contributed by atoms with Crippen LogP contribution in [0.1, 0.15) is 61.7 Å². The fourth-order valence-corrected chi connectivity index (χ4v) is 3.50. The van der Waals surface area contributed by atoms with Gasteiger partial charge < -0.3 is 11.6 Å². The molecule has 2 aromatic rings. The highest BCUT2D eigenvalue weighted by molar-refractivity contribution is 5.72. The van der Waals surface area contributed by atoms with Gasteiger partial charge in [-0.05, 0) is 43.2 Å². The molecule has 4 rings (SSSR count). The van der Waals surface area contributed by atoms with Gasteiger partial charge >= 0.3 is 0 Å². The molecule has 4 N–H and O–H groups in total. The van der Waals surface area contributed by atoms with E-state index in [-0.39, 0.29) is 0 Å². The summed E-state index contributed by atoms with van der Waals surface area (Å²) in [5, 5.41) is 0. The summed E-state index contributed by atoms with van der Waals surface area (Å²) in [6.45, 7) is 0. The van der Waals surface area contributed by atoms with Gasteiger partial charge in [-0.25, -0.2) is 9.66 Å². The normalized spacial score (nSPS) is 19.2. The summed E-state index contributed by atoms with van der Waals surface area (Å²) in [6.07, 6.45) is 7.49. The average Bonchev–Trinajstić information content (AvgIpc) is 3.15. The maximum Gasteiger partial charge on any atom is 0.150 e. The molecule has 2 aliphatic carbocycles. The minimum atomic E-state index is 0.470. The van der Waals surface area contributed by atoms with Crippen molar-refractivity contribution in [1.29, 1.82) is 0 Å². The molecule has 1 heterocycles. The average molecular weight is 282 g/mol. The lowest BCUT2D eigenvalue weighted by atomic mass is 10.0. The summed E-state index contributed by atoms with van der Waals surface area (Å²) in [7, 11) is 0. The van der Waals surface area contributed by atoms with Gasteiger partial charge in [0, 0.05) is 11.5 Å². The molecule has 0 saturated heterocycles. The van der Waals surface area contributed by atoms with E-state index in [1.54, 1.807) is 4.68 Å². The van der Waals surface area contributed by atoms with Crippen LogP contribution < -0.4 is 11.6 Å². The molecule has 0 unspecified atom stereocenters. The Labute approximate surface area is 125 Å². The lowest BCUT2D eigenvalue weighted by Crippen LogP contribution is -2.17. The summed E-state index contributed by atoms with van der Waals surface area (Å²) in [4.78, 5) is 4.80. The van der Waals surface area contributed by atoms with Crippen LogP contribution in [0.4, 0.5) is 5.82 Å². The quantitative estimate of drug-likeness (QED) is 0.848. The predicted octanol–water partition coefficient (Wildman–Crippen LogP) is 3.38. The Kier molecular flexibility index (Phi) is 2.91. The Morgan fingerprint density at radius 3 is 2.52 bits per heavy atom. The van der Waals surface area contributed by atoms with Crippen molar-refractivity contribution < 1.29 is 0 Å². The van der Waals surface area contributed by atoms with Crippen LogP contribution in [0.5, 0.6) is 0 Å². The summed E-state index contributed by atoms with van der Waals surface area (Å²) < 4.78 is 1.61. The summed E-state index contributed by atoms with van der Waals surface area (Å²) >= 11 is 0. The van der Waals surface area contributed by atoms with E-state index < -0.39 is 0 Å². The second kappa shape index (κ2) is 4.79. The standard InChI is InChI=1S/C17H22N4/c18-16-15(14-7-3-6-13(10-14)11-8-9-11)20-17(21(16)19)12-4-1-2-5-12/h3,6-7,10-12H,1-2,4-5,8-9,18-19H2. The zero-order valence-corrected chi connectivity index (χ0v) is 12.3. The first-order chi connectivity index (χ1) is 10.2. The molecule has 2 aliphatic rings. The molecule has 0 radical (unpaired) electrons. The monoisotopic (exact) mass is 282 g/mol. The van der Waals surface area contributed by atoms with Gasteiger partial charge in [-0.3, -0.25) is 0 Å². The highest BCUT2D eigenvalue weighted by Crippen LogP contribution is 2.42. The molecule has 0 spiro atoms. The molecule has 4 heteroatoms. The Balaban J connectivity index is 1.74. The molecule has 4 nitrogen and oxygen atoms in total. The van der Waals surface area contributed by atoms with E-state index in [4.69, 9.17) is 16.6 Å². The van der Waals surface area contributed by atoms with Crippen molar-refractivity contribution in [2.24, 2.45) is 0 Å². The van der Waals surface area contributed by atoms with Gasteiger partial charge in [0.25, 0.3) is 0 Å². The van der Waals surface area contributed by atoms with Gasteiger partial charge in [-0.15, -0.1) is 0 Å². The minimum Gasteiger partial charge on any atom is -0.382 e. The molecule has 1 aromatic heterocycles. The van der Waals surface area contributed by atoms with E-state index in [1.807, 2.05) is 0 Å². The number of nitrogen functional groups attached to an aromatic ring is 2. The third kappa shape index (κ3) is 2.19. The number of nitrogens with two attached hydrogens (primary N) is 2. The largest absolute Gasteiger partial charge is 0.382 e. The third-order valence-corrected chi connectivity index (χ3v) is 4.90. The molecule has 1 aromatic carbocycles. The van der Waals surface area contributed by atoms with Crippen LogP contribution in [0.15, 0.2) is 24.3 Å². The number of rotatable bonds is 3. The Morgan fingerprint density at radius 1 is 1.05 bits per heavy atom. The lowest BCUT2D eigenvalue weighted by molar-refractivity contribution is 0.648. The van der Waals surface area contributed by atoms with Gasteiger partial charge in [-0.1, -0.05) is 31.0 Å². The topological polar surface area (TPSA) is 69.9 Å². The number of anilines is 1. The number of aromatic nitrogens is 2. The third-order valence-electron chi connectivity index (χ3n) is 4.90. The molecule has 0 bridgehead atoms. The first-order valence-electron chi connectivity index (χ1n) is 7.97. The van der Waals surface area contributed by atoms with Crippen LogP contribution in [0.25, 0.3) is 11.3 Å². The highest BCUT2D eigenvalue weighted by Gasteiger charge is 2.26. The van der Waals surface area contributed by atoms with Crippen molar-refractivity contribution >= 4 is 5.82 Å². The van der Waals surface area contributed by atoms with Crippen LogP contribution >= 0.6 is 0 Å². The smallest absolute Gasteiger partial charge is 0.150 e. The minimum absolute atomic E-state index is 0.470. The summed E-state index contributed by atoms with van der Waals surface area (Å²) in [5.74, 6) is 8.91. The number of benzene rings is 1. The second-order valence-corrected chi connectivity index (χ2v) is 6.45. The Morgan fingerprint density at radius 2 is 1.81 bits per heavy atom. The molecule has 110 valence electrons. The van der Waals surface area contributed by atoms with Gasteiger partial charge in [0.15, 0.2) is 5.82 Å². The molecule has 2 fully saturated rings. The second-order valence-electron chi connectivity index (χ2n) is 6.45. The Bertz CT molecular complexity index is 663. The number of imidazole rings is 1. The van der Waals surface area contributed by atoms with Gasteiger partial charge in [-0.2, -0.15) is 0 Å². The van der Waals surface area contributed by atoms with Crippen LogP contribution in [0.2, 0.25) is 0 Å². The molecule has 0 atom stereocenters. The molecular formula is C17H22N4. The molecular weight excluding hydrogens is 260 g/mol. The van der Waals surface area contributed by atoms with Crippen molar-refractivity contribution in [2.45, 2.75) is 50.4 Å². The van der Waals surface area contributed by atoms with Gasteiger partial charge in [0.05, 0.1) is 0 Å². The fourth-order valence-electron chi connectivity index (χ4n) is 3.50. The van der Waals surface area contributed by atoms with E-state index in [0.717, 1.165) is 23.0 Å². The van der Waals surface area contributed by atoms with Crippen LogP contribution in [-0.4, -0.2) is 9.66 Å². The van der Waals surface area contributed by atoms with Crippen molar-refractivity contribution in [2.75, 3.05) is 11.6 Å². The lowest BCUT2D eigenvalue weighted by Gasteiger charge is -2.08. The van der Waals surface area contributed by atoms with E-state index in [1.165, 1.54) is 44.1 Å². The zero-order valence-electron chi connectivity index (χ0n) is 12.3. The summed E-state index contributed by atoms with van der Waals surface area (Å²) in [5.41, 5.74) is 9.57. The van der Waals surface area contributed by atoms with Crippen LogP contribution in [0.3, 0.4) is 0 Å². The van der Waals surface area contributed by atoms with Gasteiger partial charge in [0.1, 0.15) is 11.5 Å². The zero-order chi connectivity index (χ0) is 14.4. The predicted molar refractivity (Wildman–Crippen MR) is 85.4 cm³/mol. The van der Waals surface area contributed by atoms with E-state index in [9.17, 15) is 0 Å².